The van der Waals surface area contributed by atoms with Crippen LogP contribution in [0, 0.1) is 0 Å². The Morgan fingerprint density at radius 3 is 2.57 bits per heavy atom. The molecule has 0 spiro atoms. The molecule has 0 saturated carbocycles. The summed E-state index contributed by atoms with van der Waals surface area (Å²) in [6.07, 6.45) is 3.27. The van der Waals surface area contributed by atoms with Gasteiger partial charge in [0, 0.05) is 31.1 Å². The maximum atomic E-state index is 12.2. The zero-order valence-electron chi connectivity index (χ0n) is 13.9. The van der Waals surface area contributed by atoms with Crippen LogP contribution in [0.5, 0.6) is 11.5 Å². The predicted octanol–water partition coefficient (Wildman–Crippen LogP) is 1.69. The van der Waals surface area contributed by atoms with Crippen LogP contribution in [-0.4, -0.2) is 39.6 Å². The van der Waals surface area contributed by atoms with Crippen LogP contribution < -0.4 is 20.1 Å². The molecule has 1 rings (SSSR count). The Bertz CT molecular complexity index is 570. The molecule has 6 heteroatoms. The highest BCUT2D eigenvalue weighted by atomic mass is 16.5. The van der Waals surface area contributed by atoms with Gasteiger partial charge < -0.3 is 20.1 Å². The fourth-order valence-corrected chi connectivity index (χ4v) is 2.16. The normalized spacial score (nSPS) is 9.87. The van der Waals surface area contributed by atoms with E-state index in [-0.39, 0.29) is 11.8 Å². The summed E-state index contributed by atoms with van der Waals surface area (Å²) in [4.78, 5) is 23.4. The van der Waals surface area contributed by atoms with Crippen LogP contribution in [-0.2, 0) is 11.2 Å². The smallest absolute Gasteiger partial charge is 0.251 e. The van der Waals surface area contributed by atoms with Crippen molar-refractivity contribution in [3.05, 3.63) is 35.9 Å². The zero-order chi connectivity index (χ0) is 17.2. The van der Waals surface area contributed by atoms with E-state index in [0.29, 0.717) is 42.9 Å². The third kappa shape index (κ3) is 5.32. The average Bonchev–Trinajstić information content (AvgIpc) is 2.57. The molecule has 126 valence electrons. The van der Waals surface area contributed by atoms with E-state index in [4.69, 9.17) is 9.47 Å². The van der Waals surface area contributed by atoms with Crippen molar-refractivity contribution in [2.75, 3.05) is 27.8 Å². The van der Waals surface area contributed by atoms with Crippen molar-refractivity contribution >= 4 is 11.8 Å². The second-order valence-electron chi connectivity index (χ2n) is 4.90. The Morgan fingerprint density at radius 2 is 2.00 bits per heavy atom. The van der Waals surface area contributed by atoms with Gasteiger partial charge in [0.25, 0.3) is 5.91 Å². The Kier molecular flexibility index (Phi) is 7.66. The lowest BCUT2D eigenvalue weighted by Gasteiger charge is -2.14. The standard InChI is InChI=1S/C17H24N2O4/c1-5-7-12-10-13(11-14(22-3)16(12)23-4)17(21)19-9-6-8-15(20)18-2/h5,10-11H,1,6-9H2,2-4H3,(H,18,20)(H,19,21). The number of carbonyl (C=O) groups excluding carboxylic acids is 2. The first-order chi connectivity index (χ1) is 11.1. The van der Waals surface area contributed by atoms with E-state index in [2.05, 4.69) is 17.2 Å². The molecule has 2 N–H and O–H groups in total. The summed E-state index contributed by atoms with van der Waals surface area (Å²) in [5.74, 6) is 0.845. The molecule has 0 unspecified atom stereocenters. The topological polar surface area (TPSA) is 76.7 Å². The largest absolute Gasteiger partial charge is 0.493 e. The van der Waals surface area contributed by atoms with E-state index < -0.39 is 0 Å². The summed E-state index contributed by atoms with van der Waals surface area (Å²) in [6.45, 7) is 4.14. The van der Waals surface area contributed by atoms with Gasteiger partial charge in [0.15, 0.2) is 11.5 Å². The molecule has 0 aliphatic rings. The van der Waals surface area contributed by atoms with Gasteiger partial charge in [-0.3, -0.25) is 9.59 Å². The van der Waals surface area contributed by atoms with Gasteiger partial charge in [0.05, 0.1) is 14.2 Å². The summed E-state index contributed by atoms with van der Waals surface area (Å²) >= 11 is 0. The molecule has 1 aromatic rings. The van der Waals surface area contributed by atoms with Gasteiger partial charge in [-0.25, -0.2) is 0 Å². The van der Waals surface area contributed by atoms with Gasteiger partial charge in [-0.15, -0.1) is 6.58 Å². The van der Waals surface area contributed by atoms with E-state index in [1.165, 1.54) is 7.11 Å². The molecular formula is C17H24N2O4. The van der Waals surface area contributed by atoms with Crippen LogP contribution in [0.4, 0.5) is 0 Å². The number of methoxy groups -OCH3 is 2. The van der Waals surface area contributed by atoms with E-state index >= 15 is 0 Å². The van der Waals surface area contributed by atoms with E-state index in [0.717, 1.165) is 5.56 Å². The maximum absolute atomic E-state index is 12.2. The molecule has 0 atom stereocenters. The quantitative estimate of drug-likeness (QED) is 0.536. The van der Waals surface area contributed by atoms with Crippen LogP contribution >= 0.6 is 0 Å². The molecule has 0 radical (unpaired) electrons. The van der Waals surface area contributed by atoms with Crippen LogP contribution in [0.3, 0.4) is 0 Å². The number of nitrogens with one attached hydrogen (secondary N) is 2. The number of rotatable bonds is 9. The third-order valence-electron chi connectivity index (χ3n) is 3.33. The Hall–Kier alpha value is -2.50. The fourth-order valence-electron chi connectivity index (χ4n) is 2.16. The van der Waals surface area contributed by atoms with Gasteiger partial charge in [-0.2, -0.15) is 0 Å². The van der Waals surface area contributed by atoms with Gasteiger partial charge >= 0.3 is 0 Å². The molecule has 2 amide bonds. The minimum Gasteiger partial charge on any atom is -0.493 e. The van der Waals surface area contributed by atoms with E-state index in [9.17, 15) is 9.59 Å². The molecule has 0 aliphatic carbocycles. The van der Waals surface area contributed by atoms with Crippen LogP contribution in [0.1, 0.15) is 28.8 Å². The first-order valence-electron chi connectivity index (χ1n) is 7.41. The molecule has 23 heavy (non-hydrogen) atoms. The van der Waals surface area contributed by atoms with Crippen molar-refractivity contribution in [1.29, 1.82) is 0 Å². The molecule has 1 aromatic carbocycles. The molecule has 0 heterocycles. The molecule has 6 nitrogen and oxygen atoms in total. The summed E-state index contributed by atoms with van der Waals surface area (Å²) in [6, 6.07) is 3.40. The number of ether oxygens (including phenoxy) is 2. The van der Waals surface area contributed by atoms with E-state index in [1.807, 2.05) is 0 Å². The highest BCUT2D eigenvalue weighted by Gasteiger charge is 2.15. The SMILES string of the molecule is C=CCc1cc(C(=O)NCCCC(=O)NC)cc(OC)c1OC. The minimum absolute atomic E-state index is 0.0429. The minimum atomic E-state index is -0.215. The predicted molar refractivity (Wildman–Crippen MR) is 89.1 cm³/mol. The number of hydrogen-bond acceptors (Lipinski definition) is 4. The van der Waals surface area contributed by atoms with Crippen molar-refractivity contribution in [2.45, 2.75) is 19.3 Å². The van der Waals surface area contributed by atoms with Gasteiger partial charge in [0.1, 0.15) is 0 Å². The summed E-state index contributed by atoms with van der Waals surface area (Å²) < 4.78 is 10.6. The lowest BCUT2D eigenvalue weighted by atomic mass is 10.0. The monoisotopic (exact) mass is 320 g/mol. The third-order valence-corrected chi connectivity index (χ3v) is 3.33. The fraction of sp³-hybridized carbons (Fsp3) is 0.412. The molecule has 0 bridgehead atoms. The lowest BCUT2D eigenvalue weighted by molar-refractivity contribution is -0.120. The molecule has 0 fully saturated rings. The molecule has 0 saturated heterocycles. The maximum Gasteiger partial charge on any atom is 0.251 e. The molecular weight excluding hydrogens is 296 g/mol. The number of allylic oxidation sites excluding steroid dienone is 1. The summed E-state index contributed by atoms with van der Waals surface area (Å²) in [7, 11) is 4.68. The average molecular weight is 320 g/mol. The summed E-state index contributed by atoms with van der Waals surface area (Å²) in [5, 5.41) is 5.34. The van der Waals surface area contributed by atoms with Crippen LogP contribution in [0.15, 0.2) is 24.8 Å². The van der Waals surface area contributed by atoms with Crippen LogP contribution in [0.25, 0.3) is 0 Å². The highest BCUT2D eigenvalue weighted by molar-refractivity contribution is 5.95. The van der Waals surface area contributed by atoms with Crippen molar-refractivity contribution in [3.63, 3.8) is 0 Å². The first kappa shape index (κ1) is 18.5. The van der Waals surface area contributed by atoms with Crippen molar-refractivity contribution in [1.82, 2.24) is 10.6 Å². The first-order valence-corrected chi connectivity index (χ1v) is 7.41. The number of amides is 2. The van der Waals surface area contributed by atoms with Crippen molar-refractivity contribution < 1.29 is 19.1 Å². The highest BCUT2D eigenvalue weighted by Crippen LogP contribution is 2.33. The number of hydrogen-bond donors (Lipinski definition) is 2. The lowest BCUT2D eigenvalue weighted by Crippen LogP contribution is -2.26. The number of carbonyl (C=O) groups is 2. The van der Waals surface area contributed by atoms with Crippen molar-refractivity contribution in [2.24, 2.45) is 0 Å². The second kappa shape index (κ2) is 9.50. The van der Waals surface area contributed by atoms with Gasteiger partial charge in [-0.1, -0.05) is 6.08 Å². The number of benzene rings is 1. The zero-order valence-corrected chi connectivity index (χ0v) is 13.9. The van der Waals surface area contributed by atoms with Crippen molar-refractivity contribution in [3.8, 4) is 11.5 Å². The van der Waals surface area contributed by atoms with Gasteiger partial charge in [-0.05, 0) is 25.0 Å². The second-order valence-corrected chi connectivity index (χ2v) is 4.90. The van der Waals surface area contributed by atoms with E-state index in [1.54, 1.807) is 32.4 Å². The van der Waals surface area contributed by atoms with Gasteiger partial charge in [0.2, 0.25) is 5.91 Å². The Labute approximate surface area is 136 Å². The molecule has 0 aromatic heterocycles. The Morgan fingerprint density at radius 1 is 1.26 bits per heavy atom. The molecule has 0 aliphatic heterocycles. The summed E-state index contributed by atoms with van der Waals surface area (Å²) in [5.41, 5.74) is 1.32. The Balaban J connectivity index is 2.81. The van der Waals surface area contributed by atoms with Crippen LogP contribution in [0.2, 0.25) is 0 Å².